The molecule has 184 valence electrons. The minimum atomic E-state index is -0.218. The van der Waals surface area contributed by atoms with Crippen molar-refractivity contribution in [2.45, 2.75) is 17.9 Å². The molecular formula is C27H24ClN3O3S2. The molecule has 0 fully saturated rings. The summed E-state index contributed by atoms with van der Waals surface area (Å²) in [7, 11) is 1.59. The van der Waals surface area contributed by atoms with Gasteiger partial charge in [-0.1, -0.05) is 59.8 Å². The number of aromatic nitrogens is 1. The van der Waals surface area contributed by atoms with E-state index < -0.39 is 0 Å². The Balaban J connectivity index is 1.27. The predicted molar refractivity (Wildman–Crippen MR) is 148 cm³/mol. The highest BCUT2D eigenvalue weighted by molar-refractivity contribution is 8.01. The molecule has 0 radical (unpaired) electrons. The summed E-state index contributed by atoms with van der Waals surface area (Å²) in [4.78, 5) is 16.8. The number of benzene rings is 3. The summed E-state index contributed by atoms with van der Waals surface area (Å²) in [6.45, 7) is 2.50. The maximum atomic E-state index is 12.2. The molecule has 0 aliphatic heterocycles. The minimum absolute atomic E-state index is 0.208. The van der Waals surface area contributed by atoms with Crippen molar-refractivity contribution in [2.24, 2.45) is 5.10 Å². The molecule has 0 unspecified atom stereocenters. The number of hydrazone groups is 1. The van der Waals surface area contributed by atoms with Crippen LogP contribution in [0.2, 0.25) is 5.02 Å². The van der Waals surface area contributed by atoms with Crippen LogP contribution >= 0.6 is 34.7 Å². The van der Waals surface area contributed by atoms with Crippen molar-refractivity contribution in [1.29, 1.82) is 0 Å². The zero-order valence-corrected chi connectivity index (χ0v) is 22.1. The van der Waals surface area contributed by atoms with Gasteiger partial charge in [0.15, 0.2) is 15.8 Å². The molecule has 0 bridgehead atoms. The number of carbonyl (C=O) groups is 1. The van der Waals surface area contributed by atoms with Crippen molar-refractivity contribution >= 4 is 46.8 Å². The van der Waals surface area contributed by atoms with Crippen LogP contribution in [0.25, 0.3) is 11.3 Å². The first-order valence-corrected chi connectivity index (χ1v) is 13.3. The van der Waals surface area contributed by atoms with E-state index >= 15 is 0 Å². The Morgan fingerprint density at radius 1 is 1.14 bits per heavy atom. The van der Waals surface area contributed by atoms with Crippen LogP contribution < -0.4 is 14.9 Å². The quantitative estimate of drug-likeness (QED) is 0.140. The number of nitrogens with one attached hydrogen (secondary N) is 1. The van der Waals surface area contributed by atoms with E-state index in [-0.39, 0.29) is 11.7 Å². The number of hydrogen-bond donors (Lipinski definition) is 1. The van der Waals surface area contributed by atoms with E-state index in [4.69, 9.17) is 21.1 Å². The van der Waals surface area contributed by atoms with Crippen molar-refractivity contribution in [3.05, 3.63) is 93.8 Å². The highest BCUT2D eigenvalue weighted by Crippen LogP contribution is 2.30. The molecule has 1 amide bonds. The number of rotatable bonds is 10. The van der Waals surface area contributed by atoms with Gasteiger partial charge < -0.3 is 9.47 Å². The highest BCUT2D eigenvalue weighted by atomic mass is 35.5. The fraction of sp³-hybridized carbons (Fsp3) is 0.148. The lowest BCUT2D eigenvalue weighted by atomic mass is 10.1. The van der Waals surface area contributed by atoms with Gasteiger partial charge in [-0.25, -0.2) is 10.4 Å². The van der Waals surface area contributed by atoms with Crippen molar-refractivity contribution in [3.8, 4) is 22.8 Å². The van der Waals surface area contributed by atoms with Gasteiger partial charge in [0.25, 0.3) is 5.91 Å². The number of methoxy groups -OCH3 is 1. The van der Waals surface area contributed by atoms with Crippen LogP contribution in [0.15, 0.2) is 81.6 Å². The van der Waals surface area contributed by atoms with Crippen LogP contribution in [0, 0.1) is 6.92 Å². The molecule has 0 atom stereocenters. The van der Waals surface area contributed by atoms with Crippen LogP contribution in [0.4, 0.5) is 0 Å². The number of thiazole rings is 1. The van der Waals surface area contributed by atoms with E-state index in [0.717, 1.165) is 26.7 Å². The van der Waals surface area contributed by atoms with E-state index in [0.29, 0.717) is 23.1 Å². The van der Waals surface area contributed by atoms with Crippen LogP contribution in [0.3, 0.4) is 0 Å². The van der Waals surface area contributed by atoms with E-state index in [1.54, 1.807) is 13.3 Å². The second-order valence-electron chi connectivity index (χ2n) is 7.71. The van der Waals surface area contributed by atoms with Crippen LogP contribution in [-0.4, -0.2) is 30.0 Å². The van der Waals surface area contributed by atoms with Crippen molar-refractivity contribution in [1.82, 2.24) is 10.4 Å². The molecule has 9 heteroatoms. The molecule has 0 aliphatic carbocycles. The smallest absolute Gasteiger partial charge is 0.250 e. The van der Waals surface area contributed by atoms with E-state index in [2.05, 4.69) is 28.5 Å². The van der Waals surface area contributed by atoms with Gasteiger partial charge in [0.1, 0.15) is 6.61 Å². The van der Waals surface area contributed by atoms with Crippen LogP contribution in [0.1, 0.15) is 16.7 Å². The molecule has 4 aromatic rings. The minimum Gasteiger partial charge on any atom is -0.493 e. The molecule has 1 N–H and O–H groups in total. The average Bonchev–Trinajstić information content (AvgIpc) is 3.37. The monoisotopic (exact) mass is 537 g/mol. The third kappa shape index (κ3) is 7.10. The molecule has 36 heavy (non-hydrogen) atoms. The molecule has 1 aromatic heterocycles. The van der Waals surface area contributed by atoms with E-state index in [1.165, 1.54) is 28.7 Å². The molecule has 6 nitrogen and oxygen atoms in total. The van der Waals surface area contributed by atoms with Gasteiger partial charge in [-0.05, 0) is 53.9 Å². The largest absolute Gasteiger partial charge is 0.493 e. The molecular weight excluding hydrogens is 514 g/mol. The zero-order chi connectivity index (χ0) is 25.3. The van der Waals surface area contributed by atoms with Crippen LogP contribution in [-0.2, 0) is 11.4 Å². The fourth-order valence-corrected chi connectivity index (χ4v) is 4.98. The average molecular weight is 538 g/mol. The lowest BCUT2D eigenvalue weighted by Crippen LogP contribution is -2.19. The van der Waals surface area contributed by atoms with Crippen molar-refractivity contribution in [3.63, 3.8) is 0 Å². The molecule has 3 aromatic carbocycles. The summed E-state index contributed by atoms with van der Waals surface area (Å²) in [5.41, 5.74) is 7.46. The molecule has 0 spiro atoms. The SMILES string of the molecule is COc1cc(/C=N/NC(=O)CSc2nc(-c3ccc(Cl)cc3)cs2)ccc1OCc1ccccc1C. The van der Waals surface area contributed by atoms with Crippen molar-refractivity contribution in [2.75, 3.05) is 12.9 Å². The van der Waals surface area contributed by atoms with E-state index in [1.807, 2.05) is 66.0 Å². The normalized spacial score (nSPS) is 11.0. The summed E-state index contributed by atoms with van der Waals surface area (Å²) in [5, 5.41) is 6.71. The Kier molecular flexibility index (Phi) is 9.00. The number of carbonyl (C=O) groups excluding carboxylic acids is 1. The van der Waals surface area contributed by atoms with Gasteiger partial charge in [-0.3, -0.25) is 4.79 Å². The van der Waals surface area contributed by atoms with Gasteiger partial charge in [-0.15, -0.1) is 11.3 Å². The lowest BCUT2D eigenvalue weighted by Gasteiger charge is -2.12. The first-order valence-electron chi connectivity index (χ1n) is 11.0. The van der Waals surface area contributed by atoms with Gasteiger partial charge >= 0.3 is 0 Å². The molecule has 0 aliphatic rings. The second-order valence-corrected chi connectivity index (χ2v) is 10.2. The number of amides is 1. The fourth-order valence-electron chi connectivity index (χ4n) is 3.23. The number of ether oxygens (including phenoxy) is 2. The molecule has 1 heterocycles. The predicted octanol–water partition coefficient (Wildman–Crippen LogP) is 6.60. The Morgan fingerprint density at radius 3 is 2.72 bits per heavy atom. The topological polar surface area (TPSA) is 72.8 Å². The lowest BCUT2D eigenvalue weighted by molar-refractivity contribution is -0.118. The number of nitrogens with zero attached hydrogens (tertiary/aromatic N) is 2. The van der Waals surface area contributed by atoms with Gasteiger partial charge in [0, 0.05) is 16.0 Å². The Labute approximate surface area is 223 Å². The Hall–Kier alpha value is -3.33. The zero-order valence-electron chi connectivity index (χ0n) is 19.7. The third-order valence-corrected chi connectivity index (χ3v) is 7.46. The summed E-state index contributed by atoms with van der Waals surface area (Å²) in [6, 6.07) is 21.1. The van der Waals surface area contributed by atoms with E-state index in [9.17, 15) is 4.79 Å². The number of aryl methyl sites for hydroxylation is 1. The number of hydrogen-bond acceptors (Lipinski definition) is 7. The summed E-state index contributed by atoms with van der Waals surface area (Å²) in [6.07, 6.45) is 1.57. The molecule has 0 saturated carbocycles. The van der Waals surface area contributed by atoms with Gasteiger partial charge in [-0.2, -0.15) is 5.10 Å². The number of thioether (sulfide) groups is 1. The summed E-state index contributed by atoms with van der Waals surface area (Å²) < 4.78 is 12.2. The number of halogens is 1. The molecule has 4 rings (SSSR count). The maximum Gasteiger partial charge on any atom is 0.250 e. The summed E-state index contributed by atoms with van der Waals surface area (Å²) in [5.74, 6) is 1.22. The van der Waals surface area contributed by atoms with Crippen molar-refractivity contribution < 1.29 is 14.3 Å². The van der Waals surface area contributed by atoms with Gasteiger partial charge in [0.05, 0.1) is 24.8 Å². The first-order chi connectivity index (χ1) is 17.5. The summed E-state index contributed by atoms with van der Waals surface area (Å²) >= 11 is 8.80. The van der Waals surface area contributed by atoms with Crippen LogP contribution in [0.5, 0.6) is 11.5 Å². The highest BCUT2D eigenvalue weighted by Gasteiger charge is 2.09. The third-order valence-electron chi connectivity index (χ3n) is 5.18. The molecule has 0 saturated heterocycles. The maximum absolute atomic E-state index is 12.2. The second kappa shape index (κ2) is 12.6. The Morgan fingerprint density at radius 2 is 1.94 bits per heavy atom. The van der Waals surface area contributed by atoms with Gasteiger partial charge in [0.2, 0.25) is 0 Å². The Bertz CT molecular complexity index is 1360. The first kappa shape index (κ1) is 25.8. The standard InChI is InChI=1S/C27H24ClN3O3S2/c1-18-5-3-4-6-21(18)15-34-24-12-7-19(13-25(24)33-2)14-29-31-26(32)17-36-27-30-23(16-35-27)20-8-10-22(28)11-9-20/h3-14,16H,15,17H2,1-2H3,(H,31,32)/b29-14+.